The number of hydrogen-bond donors (Lipinski definition) is 2. The highest BCUT2D eigenvalue weighted by Gasteiger charge is 2.05. The summed E-state index contributed by atoms with van der Waals surface area (Å²) >= 11 is 0. The molecule has 1 heterocycles. The number of amides is 1. The lowest BCUT2D eigenvalue weighted by atomic mass is 10.1. The second-order valence-electron chi connectivity index (χ2n) is 4.45. The first-order valence-electron chi connectivity index (χ1n) is 6.19. The normalized spacial score (nSPS) is 12.1. The summed E-state index contributed by atoms with van der Waals surface area (Å²) in [5.41, 5.74) is 8.02. The maximum absolute atomic E-state index is 11.1. The quantitative estimate of drug-likeness (QED) is 0.859. The lowest BCUT2D eigenvalue weighted by Crippen LogP contribution is -2.18. The molecule has 0 saturated heterocycles. The zero-order valence-electron chi connectivity index (χ0n) is 10.8. The van der Waals surface area contributed by atoms with Crippen LogP contribution in [-0.2, 0) is 6.54 Å². The van der Waals surface area contributed by atoms with E-state index in [0.29, 0.717) is 12.1 Å². The van der Waals surface area contributed by atoms with Crippen LogP contribution in [0.2, 0.25) is 0 Å². The fraction of sp³-hybridized carbons (Fsp3) is 0.200. The Morgan fingerprint density at radius 1 is 1.32 bits per heavy atom. The largest absolute Gasteiger partial charge is 0.366 e. The van der Waals surface area contributed by atoms with Crippen LogP contribution in [0.15, 0.2) is 48.8 Å². The number of rotatable bonds is 5. The number of pyridine rings is 1. The van der Waals surface area contributed by atoms with E-state index in [1.54, 1.807) is 18.5 Å². The highest BCUT2D eigenvalue weighted by atomic mass is 16.1. The number of primary amides is 1. The number of nitrogens with zero attached hydrogens (tertiary/aromatic N) is 1. The van der Waals surface area contributed by atoms with Crippen molar-refractivity contribution in [1.29, 1.82) is 0 Å². The Morgan fingerprint density at radius 2 is 2.05 bits per heavy atom. The maximum atomic E-state index is 11.1. The Labute approximate surface area is 112 Å². The number of carbonyl (C=O) groups excluding carboxylic acids is 1. The van der Waals surface area contributed by atoms with E-state index in [1.807, 2.05) is 30.3 Å². The van der Waals surface area contributed by atoms with Crippen LogP contribution in [0.5, 0.6) is 0 Å². The van der Waals surface area contributed by atoms with E-state index < -0.39 is 5.91 Å². The Bertz CT molecular complexity index is 554. The van der Waals surface area contributed by atoms with Gasteiger partial charge in [0.05, 0.1) is 0 Å². The predicted octanol–water partition coefficient (Wildman–Crippen LogP) is 2.03. The molecule has 0 bridgehead atoms. The zero-order valence-corrected chi connectivity index (χ0v) is 10.8. The predicted molar refractivity (Wildman–Crippen MR) is 74.5 cm³/mol. The van der Waals surface area contributed by atoms with Crippen LogP contribution in [0.4, 0.5) is 0 Å². The molecule has 0 aliphatic rings. The zero-order chi connectivity index (χ0) is 13.7. The molecule has 98 valence electrons. The summed E-state index contributed by atoms with van der Waals surface area (Å²) in [7, 11) is 0. The molecule has 1 atom stereocenters. The summed E-state index contributed by atoms with van der Waals surface area (Å²) in [6.07, 6.45) is 3.56. The molecule has 2 aromatic rings. The van der Waals surface area contributed by atoms with Gasteiger partial charge in [-0.1, -0.05) is 12.1 Å². The molecule has 4 heteroatoms. The van der Waals surface area contributed by atoms with E-state index in [1.165, 1.54) is 5.56 Å². The summed E-state index contributed by atoms with van der Waals surface area (Å²) in [6, 6.07) is 11.5. The van der Waals surface area contributed by atoms with Gasteiger partial charge >= 0.3 is 0 Å². The van der Waals surface area contributed by atoms with Crippen LogP contribution < -0.4 is 11.1 Å². The number of benzene rings is 1. The summed E-state index contributed by atoms with van der Waals surface area (Å²) in [5.74, 6) is -0.399. The van der Waals surface area contributed by atoms with Crippen molar-refractivity contribution < 1.29 is 4.79 Å². The van der Waals surface area contributed by atoms with E-state index in [9.17, 15) is 4.79 Å². The molecule has 1 aromatic heterocycles. The van der Waals surface area contributed by atoms with Crippen molar-refractivity contribution in [3.8, 4) is 0 Å². The van der Waals surface area contributed by atoms with Gasteiger partial charge in [0.1, 0.15) is 0 Å². The maximum Gasteiger partial charge on any atom is 0.248 e. The first kappa shape index (κ1) is 13.2. The lowest BCUT2D eigenvalue weighted by Gasteiger charge is -2.14. The number of hydrogen-bond acceptors (Lipinski definition) is 3. The molecule has 2 rings (SSSR count). The molecule has 0 spiro atoms. The molecule has 0 aliphatic heterocycles. The summed E-state index contributed by atoms with van der Waals surface area (Å²) < 4.78 is 0. The molecular formula is C15H17N3O. The van der Waals surface area contributed by atoms with Crippen molar-refractivity contribution in [2.75, 3.05) is 0 Å². The molecule has 19 heavy (non-hydrogen) atoms. The molecule has 1 aromatic carbocycles. The van der Waals surface area contributed by atoms with E-state index in [2.05, 4.69) is 17.2 Å². The molecule has 1 amide bonds. The van der Waals surface area contributed by atoms with Gasteiger partial charge in [0, 0.05) is 30.5 Å². The summed E-state index contributed by atoms with van der Waals surface area (Å²) in [5, 5.41) is 3.40. The van der Waals surface area contributed by atoms with Gasteiger partial charge in [-0.2, -0.15) is 0 Å². The van der Waals surface area contributed by atoms with Gasteiger partial charge in [-0.25, -0.2) is 0 Å². The van der Waals surface area contributed by atoms with Crippen molar-refractivity contribution in [2.45, 2.75) is 19.5 Å². The Balaban J connectivity index is 1.99. The highest BCUT2D eigenvalue weighted by molar-refractivity contribution is 5.92. The third-order valence-corrected chi connectivity index (χ3v) is 3.03. The molecule has 0 radical (unpaired) electrons. The van der Waals surface area contributed by atoms with E-state index in [-0.39, 0.29) is 6.04 Å². The minimum absolute atomic E-state index is 0.222. The summed E-state index contributed by atoms with van der Waals surface area (Å²) in [6.45, 7) is 2.78. The van der Waals surface area contributed by atoms with E-state index in [4.69, 9.17) is 5.73 Å². The standard InChI is InChI=1S/C15H17N3O/c1-11(13-5-7-17-8-6-13)18-10-12-3-2-4-14(9-12)15(16)19/h2-9,11,18H,10H2,1H3,(H2,16,19)/t11-/m0/s1. The highest BCUT2D eigenvalue weighted by Crippen LogP contribution is 2.12. The Kier molecular flexibility index (Phi) is 4.26. The van der Waals surface area contributed by atoms with Crippen molar-refractivity contribution in [1.82, 2.24) is 10.3 Å². The van der Waals surface area contributed by atoms with Crippen LogP contribution in [0.25, 0.3) is 0 Å². The van der Waals surface area contributed by atoms with Crippen molar-refractivity contribution in [2.24, 2.45) is 5.73 Å². The second kappa shape index (κ2) is 6.11. The van der Waals surface area contributed by atoms with Crippen LogP contribution in [0.3, 0.4) is 0 Å². The first-order valence-corrected chi connectivity index (χ1v) is 6.19. The van der Waals surface area contributed by atoms with Gasteiger partial charge in [0.25, 0.3) is 0 Å². The minimum Gasteiger partial charge on any atom is -0.366 e. The number of nitrogens with one attached hydrogen (secondary N) is 1. The molecule has 3 N–H and O–H groups in total. The second-order valence-corrected chi connectivity index (χ2v) is 4.45. The van der Waals surface area contributed by atoms with Crippen LogP contribution in [0.1, 0.15) is 34.5 Å². The molecule has 0 aliphatic carbocycles. The fourth-order valence-electron chi connectivity index (χ4n) is 1.88. The smallest absolute Gasteiger partial charge is 0.248 e. The van der Waals surface area contributed by atoms with Gasteiger partial charge in [-0.3, -0.25) is 9.78 Å². The van der Waals surface area contributed by atoms with Crippen molar-refractivity contribution >= 4 is 5.91 Å². The van der Waals surface area contributed by atoms with Crippen LogP contribution in [0, 0.1) is 0 Å². The number of carbonyl (C=O) groups is 1. The lowest BCUT2D eigenvalue weighted by molar-refractivity contribution is 0.1000. The fourth-order valence-corrected chi connectivity index (χ4v) is 1.88. The molecule has 0 fully saturated rings. The van der Waals surface area contributed by atoms with Gasteiger partial charge in [0.2, 0.25) is 5.91 Å². The van der Waals surface area contributed by atoms with Gasteiger partial charge in [-0.05, 0) is 42.3 Å². The van der Waals surface area contributed by atoms with Crippen molar-refractivity contribution in [3.05, 3.63) is 65.5 Å². The summed E-state index contributed by atoms with van der Waals surface area (Å²) in [4.78, 5) is 15.1. The minimum atomic E-state index is -0.399. The molecular weight excluding hydrogens is 238 g/mol. The Morgan fingerprint density at radius 3 is 2.74 bits per heavy atom. The average molecular weight is 255 g/mol. The molecule has 0 unspecified atom stereocenters. The SMILES string of the molecule is C[C@H](NCc1cccc(C(N)=O)c1)c1ccncc1. The molecule has 0 saturated carbocycles. The van der Waals surface area contributed by atoms with Crippen LogP contribution in [-0.4, -0.2) is 10.9 Å². The van der Waals surface area contributed by atoms with Crippen LogP contribution >= 0.6 is 0 Å². The third kappa shape index (κ3) is 3.63. The number of aromatic nitrogens is 1. The van der Waals surface area contributed by atoms with E-state index >= 15 is 0 Å². The average Bonchev–Trinajstić information content (AvgIpc) is 2.46. The van der Waals surface area contributed by atoms with Gasteiger partial charge in [-0.15, -0.1) is 0 Å². The van der Waals surface area contributed by atoms with Gasteiger partial charge in [0.15, 0.2) is 0 Å². The number of nitrogens with two attached hydrogens (primary N) is 1. The monoisotopic (exact) mass is 255 g/mol. The molecule has 4 nitrogen and oxygen atoms in total. The first-order chi connectivity index (χ1) is 9.16. The Hall–Kier alpha value is -2.20. The third-order valence-electron chi connectivity index (χ3n) is 3.03. The van der Waals surface area contributed by atoms with E-state index in [0.717, 1.165) is 5.56 Å². The topological polar surface area (TPSA) is 68.0 Å². The van der Waals surface area contributed by atoms with Gasteiger partial charge < -0.3 is 11.1 Å². The van der Waals surface area contributed by atoms with Crippen molar-refractivity contribution in [3.63, 3.8) is 0 Å².